The minimum Gasteiger partial charge on any atom is -0.392 e. The Balaban J connectivity index is 2.00. The summed E-state index contributed by atoms with van der Waals surface area (Å²) in [6, 6.07) is 4.64. The number of pyridine rings is 1. The van der Waals surface area contributed by atoms with Crippen LogP contribution in [-0.2, 0) is 0 Å². The van der Waals surface area contributed by atoms with Gasteiger partial charge in [-0.2, -0.15) is 0 Å². The number of hydrogen-bond acceptors (Lipinski definition) is 4. The standard InChI is InChI=1S/C16H27N3O/c1-4-15(20)12-18(2)11-14-7-9-19(3)16(14)13-6-5-8-17-10-13/h5-6,8,10,14-16,20H,4,7,9,11-12H2,1-3H3/t14-,15+,16-/m0/s1. The van der Waals surface area contributed by atoms with Crippen LogP contribution in [0.25, 0.3) is 0 Å². The van der Waals surface area contributed by atoms with Gasteiger partial charge in [0.25, 0.3) is 0 Å². The molecule has 0 bridgehead atoms. The lowest BCUT2D eigenvalue weighted by Gasteiger charge is -2.29. The fraction of sp³-hybridized carbons (Fsp3) is 0.688. The number of likely N-dealkylation sites (N-methyl/N-ethyl adjacent to an activating group) is 1. The van der Waals surface area contributed by atoms with E-state index >= 15 is 0 Å². The third-order valence-corrected chi connectivity index (χ3v) is 4.34. The Morgan fingerprint density at radius 3 is 3.00 bits per heavy atom. The summed E-state index contributed by atoms with van der Waals surface area (Å²) in [6.07, 6.45) is 5.64. The maximum atomic E-state index is 9.78. The Kier molecular flexibility index (Phi) is 5.52. The van der Waals surface area contributed by atoms with E-state index in [1.165, 1.54) is 12.0 Å². The van der Waals surface area contributed by atoms with Crippen LogP contribution >= 0.6 is 0 Å². The predicted molar refractivity (Wildman–Crippen MR) is 81.5 cm³/mol. The zero-order valence-electron chi connectivity index (χ0n) is 12.9. The monoisotopic (exact) mass is 277 g/mol. The second-order valence-corrected chi connectivity index (χ2v) is 6.04. The largest absolute Gasteiger partial charge is 0.392 e. The van der Waals surface area contributed by atoms with E-state index in [0.29, 0.717) is 12.0 Å². The molecule has 1 saturated heterocycles. The quantitative estimate of drug-likeness (QED) is 0.860. The van der Waals surface area contributed by atoms with Crippen molar-refractivity contribution in [2.24, 2.45) is 5.92 Å². The van der Waals surface area contributed by atoms with Gasteiger partial charge >= 0.3 is 0 Å². The van der Waals surface area contributed by atoms with Crippen LogP contribution < -0.4 is 0 Å². The number of aliphatic hydroxyl groups excluding tert-OH is 1. The average Bonchev–Trinajstić information content (AvgIpc) is 2.80. The van der Waals surface area contributed by atoms with Crippen LogP contribution in [0.4, 0.5) is 0 Å². The van der Waals surface area contributed by atoms with Crippen LogP contribution in [-0.4, -0.2) is 59.7 Å². The first-order valence-electron chi connectivity index (χ1n) is 7.58. The summed E-state index contributed by atoms with van der Waals surface area (Å²) in [4.78, 5) is 8.95. The summed E-state index contributed by atoms with van der Waals surface area (Å²) in [7, 11) is 4.30. The Bertz CT molecular complexity index is 398. The lowest BCUT2D eigenvalue weighted by Crippen LogP contribution is -2.34. The van der Waals surface area contributed by atoms with E-state index in [1.54, 1.807) is 0 Å². The molecule has 0 aliphatic carbocycles. The molecular formula is C16H27N3O. The van der Waals surface area contributed by atoms with Crippen LogP contribution in [0.15, 0.2) is 24.5 Å². The van der Waals surface area contributed by atoms with Gasteiger partial charge in [0.1, 0.15) is 0 Å². The first kappa shape index (κ1) is 15.4. The van der Waals surface area contributed by atoms with Gasteiger partial charge in [-0.3, -0.25) is 9.88 Å². The zero-order chi connectivity index (χ0) is 14.5. The minimum atomic E-state index is -0.212. The van der Waals surface area contributed by atoms with Gasteiger partial charge in [0, 0.05) is 31.5 Å². The molecule has 0 radical (unpaired) electrons. The maximum absolute atomic E-state index is 9.78. The average molecular weight is 277 g/mol. The molecular weight excluding hydrogens is 250 g/mol. The number of hydrogen-bond donors (Lipinski definition) is 1. The van der Waals surface area contributed by atoms with Crippen LogP contribution in [0.2, 0.25) is 0 Å². The Labute approximate surface area is 122 Å². The molecule has 0 saturated carbocycles. The smallest absolute Gasteiger partial charge is 0.0664 e. The molecule has 2 rings (SSSR count). The Hall–Kier alpha value is -0.970. The fourth-order valence-corrected chi connectivity index (χ4v) is 3.26. The van der Waals surface area contributed by atoms with Gasteiger partial charge in [0.2, 0.25) is 0 Å². The van der Waals surface area contributed by atoms with E-state index in [-0.39, 0.29) is 6.10 Å². The molecule has 3 atom stereocenters. The number of aromatic nitrogens is 1. The molecule has 112 valence electrons. The molecule has 0 spiro atoms. The van der Waals surface area contributed by atoms with Crippen molar-refractivity contribution in [3.8, 4) is 0 Å². The van der Waals surface area contributed by atoms with Crippen LogP contribution in [0.3, 0.4) is 0 Å². The topological polar surface area (TPSA) is 39.6 Å². The van der Waals surface area contributed by atoms with Crippen molar-refractivity contribution < 1.29 is 5.11 Å². The number of aliphatic hydroxyl groups is 1. The van der Waals surface area contributed by atoms with Gasteiger partial charge in [-0.25, -0.2) is 0 Å². The Morgan fingerprint density at radius 1 is 1.55 bits per heavy atom. The maximum Gasteiger partial charge on any atom is 0.0664 e. The third-order valence-electron chi connectivity index (χ3n) is 4.34. The summed E-state index contributed by atoms with van der Waals surface area (Å²) in [5, 5.41) is 9.78. The molecule has 1 aromatic rings. The molecule has 1 N–H and O–H groups in total. The first-order chi connectivity index (χ1) is 9.61. The SMILES string of the molecule is CC[C@@H](O)CN(C)C[C@@H]1CCN(C)[C@H]1c1cccnc1. The molecule has 1 aromatic heterocycles. The van der Waals surface area contributed by atoms with Crippen molar-refractivity contribution in [3.05, 3.63) is 30.1 Å². The van der Waals surface area contributed by atoms with E-state index in [9.17, 15) is 5.11 Å². The fourth-order valence-electron chi connectivity index (χ4n) is 3.26. The molecule has 0 amide bonds. The van der Waals surface area contributed by atoms with E-state index in [2.05, 4.69) is 34.9 Å². The molecule has 0 aromatic carbocycles. The van der Waals surface area contributed by atoms with E-state index in [0.717, 1.165) is 26.1 Å². The van der Waals surface area contributed by atoms with Crippen molar-refractivity contribution >= 4 is 0 Å². The van der Waals surface area contributed by atoms with E-state index < -0.39 is 0 Å². The summed E-state index contributed by atoms with van der Waals surface area (Å²) in [6.45, 7) is 4.95. The van der Waals surface area contributed by atoms with Crippen molar-refractivity contribution in [2.45, 2.75) is 31.9 Å². The number of rotatable bonds is 6. The van der Waals surface area contributed by atoms with Gasteiger partial charge in [-0.1, -0.05) is 13.0 Å². The molecule has 1 aliphatic heterocycles. The number of nitrogens with zero attached hydrogens (tertiary/aromatic N) is 3. The van der Waals surface area contributed by atoms with E-state index in [1.807, 2.05) is 25.4 Å². The third kappa shape index (κ3) is 3.78. The van der Waals surface area contributed by atoms with E-state index in [4.69, 9.17) is 0 Å². The lowest BCUT2D eigenvalue weighted by molar-refractivity contribution is 0.109. The van der Waals surface area contributed by atoms with Crippen molar-refractivity contribution in [1.82, 2.24) is 14.8 Å². The molecule has 1 fully saturated rings. The highest BCUT2D eigenvalue weighted by Crippen LogP contribution is 2.36. The van der Waals surface area contributed by atoms with Crippen molar-refractivity contribution in [2.75, 3.05) is 33.7 Å². The second kappa shape index (κ2) is 7.16. The molecule has 20 heavy (non-hydrogen) atoms. The molecule has 2 heterocycles. The Morgan fingerprint density at radius 2 is 2.35 bits per heavy atom. The first-order valence-corrected chi connectivity index (χ1v) is 7.58. The van der Waals surface area contributed by atoms with Crippen LogP contribution in [0.1, 0.15) is 31.4 Å². The van der Waals surface area contributed by atoms with Gasteiger partial charge in [0.05, 0.1) is 6.10 Å². The van der Waals surface area contributed by atoms with Gasteiger partial charge < -0.3 is 10.0 Å². The minimum absolute atomic E-state index is 0.212. The highest BCUT2D eigenvalue weighted by molar-refractivity contribution is 5.17. The summed E-state index contributed by atoms with van der Waals surface area (Å²) >= 11 is 0. The summed E-state index contributed by atoms with van der Waals surface area (Å²) in [5.74, 6) is 0.609. The predicted octanol–water partition coefficient (Wildman–Crippen LogP) is 1.78. The van der Waals surface area contributed by atoms with Gasteiger partial charge in [0.15, 0.2) is 0 Å². The molecule has 4 nitrogen and oxygen atoms in total. The van der Waals surface area contributed by atoms with Crippen LogP contribution in [0, 0.1) is 5.92 Å². The summed E-state index contributed by atoms with van der Waals surface area (Å²) in [5.41, 5.74) is 1.31. The second-order valence-electron chi connectivity index (χ2n) is 6.04. The normalized spacial score (nSPS) is 25.2. The van der Waals surface area contributed by atoms with Gasteiger partial charge in [-0.05, 0) is 51.0 Å². The van der Waals surface area contributed by atoms with Crippen molar-refractivity contribution in [1.29, 1.82) is 0 Å². The number of likely N-dealkylation sites (tertiary alicyclic amines) is 1. The van der Waals surface area contributed by atoms with Gasteiger partial charge in [-0.15, -0.1) is 0 Å². The van der Waals surface area contributed by atoms with Crippen molar-refractivity contribution in [3.63, 3.8) is 0 Å². The summed E-state index contributed by atoms with van der Waals surface area (Å²) < 4.78 is 0. The van der Waals surface area contributed by atoms with Crippen LogP contribution in [0.5, 0.6) is 0 Å². The molecule has 1 aliphatic rings. The lowest BCUT2D eigenvalue weighted by atomic mass is 9.94. The zero-order valence-corrected chi connectivity index (χ0v) is 12.9. The highest BCUT2D eigenvalue weighted by atomic mass is 16.3. The molecule has 4 heteroatoms. The molecule has 0 unspecified atom stereocenters. The highest BCUT2D eigenvalue weighted by Gasteiger charge is 2.33.